The minimum absolute atomic E-state index is 0.0793. The van der Waals surface area contributed by atoms with Gasteiger partial charge in [-0.3, -0.25) is 9.89 Å². The predicted octanol–water partition coefficient (Wildman–Crippen LogP) is 3.33. The van der Waals surface area contributed by atoms with Crippen LogP contribution in [0.3, 0.4) is 0 Å². The van der Waals surface area contributed by atoms with E-state index in [0.29, 0.717) is 28.0 Å². The topological polar surface area (TPSA) is 81.5 Å². The van der Waals surface area contributed by atoms with Gasteiger partial charge in [0, 0.05) is 11.6 Å². The highest BCUT2D eigenvalue weighted by Gasteiger charge is 2.12. The summed E-state index contributed by atoms with van der Waals surface area (Å²) in [6.07, 6.45) is 0. The molecule has 27 heavy (non-hydrogen) atoms. The van der Waals surface area contributed by atoms with Crippen molar-refractivity contribution >= 4 is 17.4 Å². The van der Waals surface area contributed by atoms with Crippen LogP contribution in [0.5, 0.6) is 11.5 Å². The van der Waals surface area contributed by atoms with E-state index in [4.69, 9.17) is 21.1 Å². The number of aromatic nitrogens is 4. The molecule has 2 aromatic heterocycles. The summed E-state index contributed by atoms with van der Waals surface area (Å²) < 4.78 is 12.3. The lowest BCUT2D eigenvalue weighted by Gasteiger charge is -2.11. The van der Waals surface area contributed by atoms with Crippen molar-refractivity contribution < 1.29 is 9.47 Å². The van der Waals surface area contributed by atoms with Crippen LogP contribution in [-0.4, -0.2) is 26.7 Å². The van der Waals surface area contributed by atoms with Crippen molar-refractivity contribution in [2.45, 2.75) is 6.61 Å². The molecule has 1 N–H and O–H groups in total. The number of hydrogen-bond donors (Lipinski definition) is 1. The first kappa shape index (κ1) is 17.1. The summed E-state index contributed by atoms with van der Waals surface area (Å²) in [4.78, 5) is 21.2. The Labute approximate surface area is 159 Å². The molecule has 0 aliphatic heterocycles. The molecular weight excluding hydrogens is 368 g/mol. The van der Waals surface area contributed by atoms with Gasteiger partial charge in [0.05, 0.1) is 17.8 Å². The fraction of sp³-hybridized carbons (Fsp3) is 0.105. The molecule has 0 saturated heterocycles. The van der Waals surface area contributed by atoms with Crippen molar-refractivity contribution in [1.29, 1.82) is 0 Å². The van der Waals surface area contributed by atoms with Crippen LogP contribution >= 0.6 is 11.6 Å². The summed E-state index contributed by atoms with van der Waals surface area (Å²) in [6.45, 7) is 0.0793. The Hall–Kier alpha value is -3.32. The molecule has 0 aliphatic rings. The van der Waals surface area contributed by atoms with Crippen LogP contribution in [0.25, 0.3) is 17.2 Å². The van der Waals surface area contributed by atoms with Gasteiger partial charge in [-0.15, -0.1) is 0 Å². The third kappa shape index (κ3) is 3.37. The molecule has 0 spiro atoms. The number of rotatable bonds is 5. The summed E-state index contributed by atoms with van der Waals surface area (Å²) in [5.41, 5.74) is 1.04. The van der Waals surface area contributed by atoms with Crippen LogP contribution in [0, 0.1) is 0 Å². The number of methoxy groups -OCH3 is 1. The maximum atomic E-state index is 12.4. The fourth-order valence-electron chi connectivity index (χ4n) is 2.68. The molecule has 0 unspecified atom stereocenters. The lowest BCUT2D eigenvalue weighted by Crippen LogP contribution is -2.16. The van der Waals surface area contributed by atoms with Gasteiger partial charge in [-0.25, -0.2) is 4.98 Å². The maximum absolute atomic E-state index is 12.4. The number of para-hydroxylation sites is 1. The number of H-pyrrole nitrogens is 1. The number of nitrogens with one attached hydrogen (secondary N) is 1. The second kappa shape index (κ2) is 7.13. The van der Waals surface area contributed by atoms with Crippen molar-refractivity contribution in [2.75, 3.05) is 7.11 Å². The first-order valence-electron chi connectivity index (χ1n) is 8.15. The van der Waals surface area contributed by atoms with Crippen molar-refractivity contribution in [3.63, 3.8) is 0 Å². The Morgan fingerprint density at radius 3 is 2.70 bits per heavy atom. The fourth-order valence-corrected chi connectivity index (χ4v) is 2.92. The van der Waals surface area contributed by atoms with Crippen molar-refractivity contribution in [3.8, 4) is 22.9 Å². The highest BCUT2D eigenvalue weighted by Crippen LogP contribution is 2.34. The first-order valence-corrected chi connectivity index (χ1v) is 8.53. The molecule has 0 bridgehead atoms. The lowest BCUT2D eigenvalue weighted by atomic mass is 10.2. The van der Waals surface area contributed by atoms with Gasteiger partial charge < -0.3 is 9.47 Å². The van der Waals surface area contributed by atoms with E-state index in [9.17, 15) is 4.79 Å². The number of aromatic amines is 1. The van der Waals surface area contributed by atoms with Crippen LogP contribution in [-0.2, 0) is 6.61 Å². The Bertz CT molecular complexity index is 1150. The summed E-state index contributed by atoms with van der Waals surface area (Å²) in [6, 6.07) is 16.1. The highest BCUT2D eigenvalue weighted by molar-refractivity contribution is 6.32. The zero-order chi connectivity index (χ0) is 18.8. The van der Waals surface area contributed by atoms with E-state index in [-0.39, 0.29) is 17.9 Å². The van der Waals surface area contributed by atoms with Crippen LogP contribution in [0.2, 0.25) is 5.02 Å². The Morgan fingerprint density at radius 1 is 1.11 bits per heavy atom. The lowest BCUT2D eigenvalue weighted by molar-refractivity contribution is 0.280. The van der Waals surface area contributed by atoms with E-state index in [1.807, 2.05) is 30.3 Å². The molecule has 4 aromatic rings. The van der Waals surface area contributed by atoms with Gasteiger partial charge in [-0.05, 0) is 12.1 Å². The highest BCUT2D eigenvalue weighted by atomic mass is 35.5. The molecule has 2 heterocycles. The molecule has 136 valence electrons. The van der Waals surface area contributed by atoms with Crippen LogP contribution in [0.4, 0.5) is 0 Å². The molecule has 8 heteroatoms. The molecule has 0 aliphatic carbocycles. The molecule has 2 aromatic carbocycles. The van der Waals surface area contributed by atoms with Gasteiger partial charge in [-0.2, -0.15) is 9.50 Å². The van der Waals surface area contributed by atoms with Gasteiger partial charge in [0.1, 0.15) is 6.61 Å². The van der Waals surface area contributed by atoms with Gasteiger partial charge in [-0.1, -0.05) is 48.0 Å². The van der Waals surface area contributed by atoms with E-state index in [2.05, 4.69) is 15.1 Å². The van der Waals surface area contributed by atoms with Crippen molar-refractivity contribution in [2.24, 2.45) is 0 Å². The van der Waals surface area contributed by atoms with Gasteiger partial charge in [0.2, 0.25) is 0 Å². The maximum Gasteiger partial charge on any atom is 0.274 e. The monoisotopic (exact) mass is 382 g/mol. The van der Waals surface area contributed by atoms with Crippen LogP contribution < -0.4 is 15.0 Å². The summed E-state index contributed by atoms with van der Waals surface area (Å²) in [5.74, 6) is 1.75. The van der Waals surface area contributed by atoms with Crippen LogP contribution in [0.15, 0.2) is 59.4 Å². The number of nitrogens with zero attached hydrogens (tertiary/aromatic N) is 3. The Balaban J connectivity index is 1.64. The SMILES string of the molecule is COc1c(Cl)cccc1OCc1cc(=O)n2[nH]c(-c3ccccc3)nc2n1. The predicted molar refractivity (Wildman–Crippen MR) is 101 cm³/mol. The molecule has 0 fully saturated rings. The normalized spacial score (nSPS) is 10.9. The average molecular weight is 383 g/mol. The number of benzene rings is 2. The largest absolute Gasteiger partial charge is 0.491 e. The van der Waals surface area contributed by atoms with Crippen molar-refractivity contribution in [3.05, 3.63) is 75.7 Å². The minimum atomic E-state index is -0.272. The quantitative estimate of drug-likeness (QED) is 0.572. The van der Waals surface area contributed by atoms with Crippen LogP contribution in [0.1, 0.15) is 5.69 Å². The summed E-state index contributed by atoms with van der Waals surface area (Å²) in [5, 5.41) is 3.40. The molecule has 7 nitrogen and oxygen atoms in total. The summed E-state index contributed by atoms with van der Waals surface area (Å²) in [7, 11) is 1.51. The van der Waals surface area contributed by atoms with Gasteiger partial charge in [0.25, 0.3) is 11.3 Å². The minimum Gasteiger partial charge on any atom is -0.491 e. The smallest absolute Gasteiger partial charge is 0.274 e. The standard InChI is InChI=1S/C19H15ClN4O3/c1-26-17-14(20)8-5-9-15(17)27-11-13-10-16(25)24-19(21-13)22-18(23-24)12-6-3-2-4-7-12/h2-10H,11H2,1H3,(H,21,22,23). The Kier molecular flexibility index (Phi) is 4.52. The molecule has 0 atom stereocenters. The van der Waals surface area contributed by atoms with E-state index < -0.39 is 0 Å². The van der Waals surface area contributed by atoms with E-state index in [1.54, 1.807) is 18.2 Å². The van der Waals surface area contributed by atoms with Gasteiger partial charge in [0.15, 0.2) is 17.3 Å². The molecule has 0 saturated carbocycles. The second-order valence-electron chi connectivity index (χ2n) is 5.72. The third-order valence-electron chi connectivity index (χ3n) is 3.94. The Morgan fingerprint density at radius 2 is 1.93 bits per heavy atom. The third-order valence-corrected chi connectivity index (χ3v) is 4.24. The van der Waals surface area contributed by atoms with E-state index in [0.717, 1.165) is 5.56 Å². The zero-order valence-electron chi connectivity index (χ0n) is 14.3. The van der Waals surface area contributed by atoms with E-state index in [1.165, 1.54) is 17.7 Å². The van der Waals surface area contributed by atoms with E-state index >= 15 is 0 Å². The number of halogens is 1. The second-order valence-corrected chi connectivity index (χ2v) is 6.13. The number of fused-ring (bicyclic) bond motifs is 1. The zero-order valence-corrected chi connectivity index (χ0v) is 15.1. The number of hydrogen-bond acceptors (Lipinski definition) is 5. The number of ether oxygens (including phenoxy) is 2. The molecule has 0 amide bonds. The first-order chi connectivity index (χ1) is 13.2. The van der Waals surface area contributed by atoms with Gasteiger partial charge >= 0.3 is 0 Å². The molecule has 4 rings (SSSR count). The molecular formula is C19H15ClN4O3. The average Bonchev–Trinajstić information content (AvgIpc) is 3.12. The molecule has 0 radical (unpaired) electrons. The van der Waals surface area contributed by atoms with Crippen molar-refractivity contribution in [1.82, 2.24) is 19.6 Å². The summed E-state index contributed by atoms with van der Waals surface area (Å²) >= 11 is 6.09.